The van der Waals surface area contributed by atoms with Crippen molar-refractivity contribution in [3.8, 4) is 11.5 Å². The minimum atomic E-state index is -2.92. The second-order valence-electron chi connectivity index (χ2n) is 5.57. The molecule has 0 aromatic heterocycles. The highest BCUT2D eigenvalue weighted by Gasteiger charge is 2.15. The lowest BCUT2D eigenvalue weighted by atomic mass is 10.2. The van der Waals surface area contributed by atoms with Gasteiger partial charge in [0.05, 0.1) is 13.2 Å². The van der Waals surface area contributed by atoms with Crippen molar-refractivity contribution in [2.75, 3.05) is 39.8 Å². The summed E-state index contributed by atoms with van der Waals surface area (Å²) in [5, 5.41) is 6.38. The Labute approximate surface area is 177 Å². The van der Waals surface area contributed by atoms with Crippen molar-refractivity contribution in [2.24, 2.45) is 4.99 Å². The maximum absolute atomic E-state index is 12.8. The molecule has 6 nitrogen and oxygen atoms in total. The summed E-state index contributed by atoms with van der Waals surface area (Å²) < 4.78 is 35.6. The first-order valence-corrected chi connectivity index (χ1v) is 8.91. The van der Waals surface area contributed by atoms with Crippen molar-refractivity contribution in [1.29, 1.82) is 0 Å². The van der Waals surface area contributed by atoms with Gasteiger partial charge in [-0.2, -0.15) is 8.78 Å². The number of halogens is 3. The van der Waals surface area contributed by atoms with E-state index in [4.69, 9.17) is 4.74 Å². The van der Waals surface area contributed by atoms with Crippen molar-refractivity contribution < 1.29 is 18.3 Å². The number of rotatable bonds is 11. The highest BCUT2D eigenvalue weighted by atomic mass is 127. The predicted molar refractivity (Wildman–Crippen MR) is 116 cm³/mol. The lowest BCUT2D eigenvalue weighted by Crippen LogP contribution is -2.40. The topological polar surface area (TPSA) is 58.1 Å². The van der Waals surface area contributed by atoms with E-state index in [2.05, 4.69) is 32.2 Å². The van der Waals surface area contributed by atoms with Gasteiger partial charge in [0.15, 0.2) is 17.5 Å². The zero-order chi connectivity index (χ0) is 19.4. The van der Waals surface area contributed by atoms with Gasteiger partial charge in [0, 0.05) is 25.2 Å². The van der Waals surface area contributed by atoms with Gasteiger partial charge in [0.1, 0.15) is 0 Å². The van der Waals surface area contributed by atoms with Crippen LogP contribution >= 0.6 is 24.0 Å². The molecule has 1 rings (SSSR count). The number of alkyl halides is 2. The quantitative estimate of drug-likeness (QED) is 0.278. The maximum Gasteiger partial charge on any atom is 0.387 e. The van der Waals surface area contributed by atoms with Gasteiger partial charge in [-0.1, -0.05) is 19.1 Å². The van der Waals surface area contributed by atoms with Gasteiger partial charge in [0.25, 0.3) is 0 Å². The summed E-state index contributed by atoms with van der Waals surface area (Å²) in [6.07, 6.45) is 0. The highest BCUT2D eigenvalue weighted by molar-refractivity contribution is 14.0. The molecular weight excluding hydrogens is 469 g/mol. The number of aliphatic imine (C=N–C) groups is 1. The predicted octanol–water partition coefficient (Wildman–Crippen LogP) is 3.31. The minimum absolute atomic E-state index is 0. The first-order chi connectivity index (χ1) is 12.5. The summed E-state index contributed by atoms with van der Waals surface area (Å²) in [7, 11) is 2.04. The average molecular weight is 500 g/mol. The van der Waals surface area contributed by atoms with E-state index >= 15 is 0 Å². The van der Waals surface area contributed by atoms with Crippen LogP contribution in [-0.4, -0.2) is 57.3 Å². The Bertz CT molecular complexity index is 562. The Morgan fingerprint density at radius 3 is 2.56 bits per heavy atom. The Kier molecular flexibility index (Phi) is 13.9. The Hall–Kier alpha value is -1.36. The Balaban J connectivity index is 0.00000676. The molecule has 0 aliphatic carbocycles. The lowest BCUT2D eigenvalue weighted by Gasteiger charge is -2.17. The number of hydrogen-bond donors (Lipinski definition) is 2. The number of likely N-dealkylation sites (N-methyl/N-ethyl adjacent to an activating group) is 1. The van der Waals surface area contributed by atoms with Crippen molar-refractivity contribution >= 4 is 29.9 Å². The third-order valence-corrected chi connectivity index (χ3v) is 3.64. The van der Waals surface area contributed by atoms with E-state index in [1.165, 1.54) is 0 Å². The summed E-state index contributed by atoms with van der Waals surface area (Å²) >= 11 is 0. The van der Waals surface area contributed by atoms with Crippen LogP contribution in [0.1, 0.15) is 26.3 Å². The third-order valence-electron chi connectivity index (χ3n) is 3.64. The number of benzene rings is 1. The van der Waals surface area contributed by atoms with Crippen LogP contribution in [0.25, 0.3) is 0 Å². The normalized spacial score (nSPS) is 11.3. The maximum atomic E-state index is 12.8. The summed E-state index contributed by atoms with van der Waals surface area (Å²) in [4.78, 5) is 6.65. The average Bonchev–Trinajstić information content (AvgIpc) is 2.61. The lowest BCUT2D eigenvalue weighted by molar-refractivity contribution is -0.0520. The van der Waals surface area contributed by atoms with E-state index in [0.29, 0.717) is 30.4 Å². The van der Waals surface area contributed by atoms with Crippen LogP contribution in [0.15, 0.2) is 23.2 Å². The van der Waals surface area contributed by atoms with Crippen molar-refractivity contribution in [1.82, 2.24) is 15.5 Å². The number of guanidine groups is 1. The van der Waals surface area contributed by atoms with Gasteiger partial charge in [-0.05, 0) is 33.5 Å². The standard InChI is InChI=1S/C18H30F2N4O2.HI/c1-5-21-18(22-11-12-24(4)6-2)23-13-14-9-8-10-15(25-7-3)16(14)26-17(19)20;/h8-10,17H,5-7,11-13H2,1-4H3,(H2,21,22,23);1H. The molecule has 0 aliphatic rings. The van der Waals surface area contributed by atoms with E-state index in [0.717, 1.165) is 19.6 Å². The van der Waals surface area contributed by atoms with Crippen LogP contribution in [0.3, 0.4) is 0 Å². The van der Waals surface area contributed by atoms with Gasteiger partial charge in [0.2, 0.25) is 0 Å². The number of para-hydroxylation sites is 1. The molecule has 0 saturated carbocycles. The molecular formula is C18H31F2IN4O2. The molecule has 27 heavy (non-hydrogen) atoms. The largest absolute Gasteiger partial charge is 0.490 e. The second-order valence-corrected chi connectivity index (χ2v) is 5.57. The molecule has 0 aliphatic heterocycles. The summed E-state index contributed by atoms with van der Waals surface area (Å²) in [5.41, 5.74) is 0.541. The van der Waals surface area contributed by atoms with Gasteiger partial charge in [-0.15, -0.1) is 24.0 Å². The van der Waals surface area contributed by atoms with Crippen LogP contribution in [-0.2, 0) is 6.54 Å². The molecule has 0 unspecified atom stereocenters. The number of nitrogens with zero attached hydrogens (tertiary/aromatic N) is 2. The van der Waals surface area contributed by atoms with Crippen LogP contribution in [0.4, 0.5) is 8.78 Å². The molecule has 0 saturated heterocycles. The second kappa shape index (κ2) is 14.7. The van der Waals surface area contributed by atoms with E-state index in [9.17, 15) is 8.78 Å². The molecule has 0 amide bonds. The molecule has 9 heteroatoms. The molecule has 0 fully saturated rings. The van der Waals surface area contributed by atoms with Crippen LogP contribution in [0.2, 0.25) is 0 Å². The molecule has 2 N–H and O–H groups in total. The zero-order valence-electron chi connectivity index (χ0n) is 16.4. The number of nitrogens with one attached hydrogen (secondary N) is 2. The molecule has 0 bridgehead atoms. The Morgan fingerprint density at radius 2 is 1.96 bits per heavy atom. The molecule has 1 aromatic rings. The van der Waals surface area contributed by atoms with E-state index in [1.54, 1.807) is 25.1 Å². The van der Waals surface area contributed by atoms with Gasteiger partial charge < -0.3 is 25.0 Å². The smallest absolute Gasteiger partial charge is 0.387 e. The minimum Gasteiger partial charge on any atom is -0.490 e. The molecule has 156 valence electrons. The van der Waals surface area contributed by atoms with Crippen molar-refractivity contribution in [3.63, 3.8) is 0 Å². The number of hydrogen-bond acceptors (Lipinski definition) is 4. The van der Waals surface area contributed by atoms with Gasteiger partial charge in [-0.25, -0.2) is 4.99 Å². The summed E-state index contributed by atoms with van der Waals surface area (Å²) in [6, 6.07) is 5.06. The fraction of sp³-hybridized carbons (Fsp3) is 0.611. The van der Waals surface area contributed by atoms with Crippen LogP contribution in [0, 0.1) is 0 Å². The SMILES string of the molecule is CCNC(=NCc1cccc(OCC)c1OC(F)F)NCCN(C)CC.I. The van der Waals surface area contributed by atoms with Crippen LogP contribution < -0.4 is 20.1 Å². The molecule has 0 radical (unpaired) electrons. The zero-order valence-corrected chi connectivity index (χ0v) is 18.8. The summed E-state index contributed by atoms with van der Waals surface area (Å²) in [6.45, 7) is 6.76. The van der Waals surface area contributed by atoms with E-state index < -0.39 is 6.61 Å². The number of ether oxygens (including phenoxy) is 2. The first kappa shape index (κ1) is 25.6. The molecule has 0 spiro atoms. The van der Waals surface area contributed by atoms with E-state index in [-0.39, 0.29) is 36.3 Å². The molecule has 0 heterocycles. The van der Waals surface area contributed by atoms with Gasteiger partial charge in [-0.3, -0.25) is 0 Å². The summed E-state index contributed by atoms with van der Waals surface area (Å²) in [5.74, 6) is 0.958. The Morgan fingerprint density at radius 1 is 1.22 bits per heavy atom. The molecule has 1 aromatic carbocycles. The van der Waals surface area contributed by atoms with Crippen molar-refractivity contribution in [2.45, 2.75) is 33.9 Å². The highest BCUT2D eigenvalue weighted by Crippen LogP contribution is 2.33. The fourth-order valence-electron chi connectivity index (χ4n) is 2.21. The van der Waals surface area contributed by atoms with E-state index in [1.807, 2.05) is 14.0 Å². The van der Waals surface area contributed by atoms with Gasteiger partial charge >= 0.3 is 6.61 Å². The van der Waals surface area contributed by atoms with Crippen molar-refractivity contribution in [3.05, 3.63) is 23.8 Å². The first-order valence-electron chi connectivity index (χ1n) is 8.91. The third kappa shape index (κ3) is 9.94. The fourth-order valence-corrected chi connectivity index (χ4v) is 2.21. The van der Waals surface area contributed by atoms with Crippen LogP contribution in [0.5, 0.6) is 11.5 Å². The molecule has 0 atom stereocenters. The monoisotopic (exact) mass is 500 g/mol.